The lowest BCUT2D eigenvalue weighted by Crippen LogP contribution is -2.39. The molecule has 1 aliphatic rings. The van der Waals surface area contributed by atoms with E-state index in [0.717, 1.165) is 69.4 Å². The first kappa shape index (κ1) is 21.5. The van der Waals surface area contributed by atoms with E-state index in [9.17, 15) is 4.79 Å². The Morgan fingerprint density at radius 2 is 1.89 bits per heavy atom. The van der Waals surface area contributed by atoms with Crippen LogP contribution in [0.2, 0.25) is 0 Å². The van der Waals surface area contributed by atoms with Crippen LogP contribution in [-0.4, -0.2) is 47.7 Å². The number of rotatable bonds is 8. The highest BCUT2D eigenvalue weighted by Gasteiger charge is 2.23. The van der Waals surface area contributed by atoms with E-state index in [1.807, 2.05) is 30.1 Å². The Bertz CT molecular complexity index is 682. The number of aromatic amines is 1. The second kappa shape index (κ2) is 11.1. The first-order valence-corrected chi connectivity index (χ1v) is 9.79. The number of H-pyrrole nitrogens is 1. The molecule has 0 bridgehead atoms. The Hall–Kier alpha value is -1.85. The molecule has 0 unspecified atom stereocenters. The molecular formula is C21H31ClN4O. The van der Waals surface area contributed by atoms with Gasteiger partial charge >= 0.3 is 0 Å². The molecular weight excluding hydrogens is 360 g/mol. The number of carbonyl (C=O) groups is 1. The summed E-state index contributed by atoms with van der Waals surface area (Å²) in [6, 6.07) is 12.4. The van der Waals surface area contributed by atoms with E-state index < -0.39 is 0 Å². The maximum atomic E-state index is 12.4. The number of unbranched alkanes of at least 4 members (excludes halogenated alkanes) is 2. The molecule has 27 heavy (non-hydrogen) atoms. The molecule has 6 heteroatoms. The number of aromatic nitrogens is 2. The van der Waals surface area contributed by atoms with Crippen molar-refractivity contribution in [1.82, 2.24) is 20.4 Å². The van der Waals surface area contributed by atoms with Gasteiger partial charge in [-0.05, 0) is 51.3 Å². The number of nitrogens with one attached hydrogen (secondary N) is 2. The summed E-state index contributed by atoms with van der Waals surface area (Å²) in [5.74, 6) is 0.551. The monoisotopic (exact) mass is 390 g/mol. The maximum absolute atomic E-state index is 12.4. The average Bonchev–Trinajstić information content (AvgIpc) is 3.17. The van der Waals surface area contributed by atoms with Crippen molar-refractivity contribution in [3.8, 4) is 11.3 Å². The van der Waals surface area contributed by atoms with E-state index >= 15 is 0 Å². The molecule has 0 saturated carbocycles. The minimum absolute atomic E-state index is 0. The molecule has 1 saturated heterocycles. The molecule has 2 N–H and O–H groups in total. The minimum Gasteiger partial charge on any atom is -0.346 e. The third kappa shape index (κ3) is 6.36. The number of benzene rings is 1. The first-order chi connectivity index (χ1) is 12.7. The summed E-state index contributed by atoms with van der Waals surface area (Å²) >= 11 is 0. The molecule has 3 rings (SSSR count). The Labute approximate surface area is 168 Å². The lowest BCUT2D eigenvalue weighted by atomic mass is 9.96. The maximum Gasteiger partial charge on any atom is 0.225 e. The fraction of sp³-hybridized carbons (Fsp3) is 0.524. The lowest BCUT2D eigenvalue weighted by molar-refractivity contribution is -0.135. The molecule has 0 spiro atoms. The van der Waals surface area contributed by atoms with Crippen molar-refractivity contribution in [3.05, 3.63) is 42.1 Å². The van der Waals surface area contributed by atoms with Gasteiger partial charge in [0.25, 0.3) is 0 Å². The van der Waals surface area contributed by atoms with E-state index in [1.54, 1.807) is 0 Å². The van der Waals surface area contributed by atoms with Crippen LogP contribution in [-0.2, 0) is 11.2 Å². The highest BCUT2D eigenvalue weighted by Crippen LogP contribution is 2.18. The van der Waals surface area contributed by atoms with Gasteiger partial charge in [0.05, 0.1) is 5.69 Å². The second-order valence-corrected chi connectivity index (χ2v) is 7.24. The van der Waals surface area contributed by atoms with Crippen LogP contribution >= 0.6 is 12.4 Å². The molecule has 0 radical (unpaired) electrons. The fourth-order valence-electron chi connectivity index (χ4n) is 3.58. The predicted molar refractivity (Wildman–Crippen MR) is 112 cm³/mol. The minimum atomic E-state index is 0. The zero-order valence-corrected chi connectivity index (χ0v) is 16.9. The van der Waals surface area contributed by atoms with Crippen LogP contribution in [0.1, 0.15) is 37.8 Å². The summed E-state index contributed by atoms with van der Waals surface area (Å²) in [5.41, 5.74) is 3.34. The van der Waals surface area contributed by atoms with E-state index in [0.29, 0.717) is 5.91 Å². The molecule has 2 heterocycles. The van der Waals surface area contributed by atoms with Crippen LogP contribution in [0.3, 0.4) is 0 Å². The Morgan fingerprint density at radius 3 is 2.63 bits per heavy atom. The van der Waals surface area contributed by atoms with Crippen LogP contribution in [0.25, 0.3) is 11.3 Å². The number of amides is 1. The van der Waals surface area contributed by atoms with Gasteiger partial charge in [0.15, 0.2) is 0 Å². The van der Waals surface area contributed by atoms with E-state index in [4.69, 9.17) is 0 Å². The van der Waals surface area contributed by atoms with Crippen molar-refractivity contribution < 1.29 is 4.79 Å². The van der Waals surface area contributed by atoms with Gasteiger partial charge in [0, 0.05) is 30.8 Å². The third-order valence-electron chi connectivity index (χ3n) is 5.20. The predicted octanol–water partition coefficient (Wildman–Crippen LogP) is 3.67. The molecule has 1 aliphatic heterocycles. The molecule has 1 amide bonds. The summed E-state index contributed by atoms with van der Waals surface area (Å²) in [6.45, 7) is 2.81. The molecule has 5 nitrogen and oxygen atoms in total. The number of nitrogens with zero attached hydrogens (tertiary/aromatic N) is 2. The van der Waals surface area contributed by atoms with Crippen LogP contribution < -0.4 is 5.32 Å². The molecule has 1 aromatic heterocycles. The Morgan fingerprint density at radius 1 is 1.15 bits per heavy atom. The Kier molecular flexibility index (Phi) is 8.82. The van der Waals surface area contributed by atoms with Gasteiger partial charge in [-0.15, -0.1) is 12.4 Å². The summed E-state index contributed by atoms with van der Waals surface area (Å²) in [6.07, 6.45) is 6.27. The third-order valence-corrected chi connectivity index (χ3v) is 5.20. The van der Waals surface area contributed by atoms with Gasteiger partial charge in [0.1, 0.15) is 0 Å². The van der Waals surface area contributed by atoms with Crippen LogP contribution in [0.5, 0.6) is 0 Å². The molecule has 148 valence electrons. The summed E-state index contributed by atoms with van der Waals surface area (Å²) in [4.78, 5) is 14.3. The number of aryl methyl sites for hydroxylation is 1. The average molecular weight is 391 g/mol. The molecule has 0 atom stereocenters. The normalized spacial score (nSPS) is 14.6. The largest absolute Gasteiger partial charge is 0.346 e. The van der Waals surface area contributed by atoms with Crippen molar-refractivity contribution in [1.29, 1.82) is 0 Å². The van der Waals surface area contributed by atoms with Gasteiger partial charge in [0.2, 0.25) is 5.91 Å². The van der Waals surface area contributed by atoms with Gasteiger partial charge in [-0.1, -0.05) is 36.8 Å². The summed E-state index contributed by atoms with van der Waals surface area (Å²) < 4.78 is 0. The van der Waals surface area contributed by atoms with Gasteiger partial charge in [-0.25, -0.2) is 0 Å². The molecule has 1 aromatic carbocycles. The topological polar surface area (TPSA) is 61.0 Å². The molecule has 0 aliphatic carbocycles. The number of halogens is 1. The van der Waals surface area contributed by atoms with Crippen molar-refractivity contribution in [2.75, 3.05) is 26.7 Å². The second-order valence-electron chi connectivity index (χ2n) is 7.24. The van der Waals surface area contributed by atoms with Gasteiger partial charge < -0.3 is 10.2 Å². The SMILES string of the molecule is CN(CCCCCc1cc(-c2ccccc2)n[nH]1)C(=O)C1CCNCC1.Cl. The first-order valence-electron chi connectivity index (χ1n) is 9.79. The van der Waals surface area contributed by atoms with Gasteiger partial charge in [-0.3, -0.25) is 9.89 Å². The number of hydrogen-bond donors (Lipinski definition) is 2. The smallest absolute Gasteiger partial charge is 0.225 e. The van der Waals surface area contributed by atoms with Gasteiger partial charge in [-0.2, -0.15) is 5.10 Å². The van der Waals surface area contributed by atoms with E-state index in [-0.39, 0.29) is 18.3 Å². The van der Waals surface area contributed by atoms with Crippen molar-refractivity contribution in [3.63, 3.8) is 0 Å². The number of piperidine rings is 1. The zero-order chi connectivity index (χ0) is 18.2. The van der Waals surface area contributed by atoms with E-state index in [1.165, 1.54) is 5.69 Å². The fourth-order valence-corrected chi connectivity index (χ4v) is 3.58. The summed E-state index contributed by atoms with van der Waals surface area (Å²) in [7, 11) is 1.95. The lowest BCUT2D eigenvalue weighted by Gasteiger charge is -2.26. The number of carbonyl (C=O) groups excluding carboxylic acids is 1. The highest BCUT2D eigenvalue weighted by molar-refractivity contribution is 5.85. The van der Waals surface area contributed by atoms with Crippen molar-refractivity contribution in [2.45, 2.75) is 38.5 Å². The van der Waals surface area contributed by atoms with Crippen LogP contribution in [0, 0.1) is 5.92 Å². The van der Waals surface area contributed by atoms with Crippen molar-refractivity contribution >= 4 is 18.3 Å². The molecule has 2 aromatic rings. The zero-order valence-electron chi connectivity index (χ0n) is 16.1. The molecule has 1 fully saturated rings. The van der Waals surface area contributed by atoms with E-state index in [2.05, 4.69) is 33.7 Å². The highest BCUT2D eigenvalue weighted by atomic mass is 35.5. The van der Waals surface area contributed by atoms with Crippen LogP contribution in [0.15, 0.2) is 36.4 Å². The Balaban J connectivity index is 0.00000261. The van der Waals surface area contributed by atoms with Crippen LogP contribution in [0.4, 0.5) is 0 Å². The summed E-state index contributed by atoms with van der Waals surface area (Å²) in [5, 5.41) is 10.9. The van der Waals surface area contributed by atoms with Crippen molar-refractivity contribution in [2.24, 2.45) is 5.92 Å². The number of hydrogen-bond acceptors (Lipinski definition) is 3. The standard InChI is InChI=1S/C21H30N4O.ClH/c1-25(21(26)18-11-13-22-14-12-18)15-7-3-6-10-19-16-20(24-23-19)17-8-4-2-5-9-17;/h2,4-5,8-9,16,18,22H,3,6-7,10-15H2,1H3,(H,23,24);1H. The quantitative estimate of drug-likeness (QED) is 0.676.